The van der Waals surface area contributed by atoms with Gasteiger partial charge in [-0.05, 0) is 48.6 Å². The van der Waals surface area contributed by atoms with Gasteiger partial charge in [0.05, 0.1) is 45.5 Å². The number of nitriles is 1. The van der Waals surface area contributed by atoms with E-state index < -0.39 is 5.44 Å². The molecular weight excluding hydrogens is 552 g/mol. The molecule has 204 valence electrons. The Morgan fingerprint density at radius 2 is 1.85 bits per heavy atom. The van der Waals surface area contributed by atoms with Gasteiger partial charge in [-0.25, -0.2) is 4.68 Å². The quantitative estimate of drug-likeness (QED) is 0.186. The lowest BCUT2D eigenvalue weighted by Gasteiger charge is -2.32. The molecule has 41 heavy (non-hydrogen) atoms. The Kier molecular flexibility index (Phi) is 7.33. The van der Waals surface area contributed by atoms with Crippen LogP contribution in [0, 0.1) is 11.3 Å². The van der Waals surface area contributed by atoms with Gasteiger partial charge >= 0.3 is 0 Å². The average molecular weight is 580 g/mol. The third kappa shape index (κ3) is 5.24. The monoisotopic (exact) mass is 579 g/mol. The normalized spacial score (nSPS) is 15.2. The second kappa shape index (κ2) is 11.1. The number of benzene rings is 3. The molecule has 0 bridgehead atoms. The summed E-state index contributed by atoms with van der Waals surface area (Å²) in [4.78, 5) is 4.55. The number of pyridine rings is 1. The van der Waals surface area contributed by atoms with E-state index in [0.29, 0.717) is 32.9 Å². The van der Waals surface area contributed by atoms with Crippen LogP contribution in [0.1, 0.15) is 60.7 Å². The van der Waals surface area contributed by atoms with E-state index in [9.17, 15) is 5.26 Å². The molecular formula is C31H28BCl2N7. The van der Waals surface area contributed by atoms with Crippen molar-refractivity contribution < 1.29 is 0 Å². The van der Waals surface area contributed by atoms with E-state index in [1.54, 1.807) is 6.20 Å². The molecule has 1 aliphatic carbocycles. The molecule has 1 unspecified atom stereocenters. The fourth-order valence-corrected chi connectivity index (χ4v) is 5.89. The summed E-state index contributed by atoms with van der Waals surface area (Å²) in [6, 6.07) is 24.4. The van der Waals surface area contributed by atoms with Gasteiger partial charge in [-0.1, -0.05) is 83.9 Å². The molecule has 10 heteroatoms. The lowest BCUT2D eigenvalue weighted by Crippen LogP contribution is -2.38. The summed E-state index contributed by atoms with van der Waals surface area (Å²) < 4.78 is 1.93. The van der Waals surface area contributed by atoms with E-state index in [1.165, 1.54) is 0 Å². The highest BCUT2D eigenvalue weighted by molar-refractivity contribution is 6.36. The molecule has 6 rings (SSSR count). The Labute approximate surface area is 249 Å². The van der Waals surface area contributed by atoms with Crippen molar-refractivity contribution in [2.24, 2.45) is 0 Å². The van der Waals surface area contributed by atoms with Crippen LogP contribution in [0.25, 0.3) is 10.9 Å². The van der Waals surface area contributed by atoms with Crippen LogP contribution >= 0.6 is 23.2 Å². The zero-order valence-corrected chi connectivity index (χ0v) is 24.3. The van der Waals surface area contributed by atoms with Crippen molar-refractivity contribution in [3.63, 3.8) is 0 Å². The molecule has 2 N–H and O–H groups in total. The van der Waals surface area contributed by atoms with Gasteiger partial charge in [0.2, 0.25) is 0 Å². The lowest BCUT2D eigenvalue weighted by molar-refractivity contribution is 0.610. The summed E-state index contributed by atoms with van der Waals surface area (Å²) in [7, 11) is 2.04. The molecule has 3 aromatic carbocycles. The molecule has 1 saturated carbocycles. The van der Waals surface area contributed by atoms with Crippen LogP contribution in [-0.2, 0) is 5.44 Å². The van der Waals surface area contributed by atoms with Crippen LogP contribution in [0.3, 0.4) is 0 Å². The summed E-state index contributed by atoms with van der Waals surface area (Å²) in [6.45, 7) is 2.11. The fraction of sp³-hybridized carbons (Fsp3) is 0.226. The van der Waals surface area contributed by atoms with Crippen LogP contribution < -0.4 is 10.6 Å². The molecule has 1 fully saturated rings. The summed E-state index contributed by atoms with van der Waals surface area (Å²) >= 11 is 13.6. The highest BCUT2D eigenvalue weighted by Gasteiger charge is 2.36. The predicted molar refractivity (Wildman–Crippen MR) is 167 cm³/mol. The van der Waals surface area contributed by atoms with Crippen molar-refractivity contribution in [3.8, 4) is 6.07 Å². The van der Waals surface area contributed by atoms with Crippen molar-refractivity contribution in [2.75, 3.05) is 10.6 Å². The Morgan fingerprint density at radius 3 is 2.56 bits per heavy atom. The average Bonchev–Trinajstić information content (AvgIpc) is 3.71. The van der Waals surface area contributed by atoms with E-state index in [2.05, 4.69) is 51.1 Å². The molecule has 1 aliphatic rings. The highest BCUT2D eigenvalue weighted by atomic mass is 35.5. The minimum absolute atomic E-state index is 0.00450. The Balaban J connectivity index is 1.47. The number of nitrogens with zero attached hydrogens (tertiary/aromatic N) is 5. The molecule has 7 nitrogen and oxygen atoms in total. The molecule has 0 spiro atoms. The van der Waals surface area contributed by atoms with Crippen molar-refractivity contribution in [1.82, 2.24) is 20.0 Å². The minimum atomic E-state index is -0.827. The number of nitrogens with one attached hydrogen (secondary N) is 2. The third-order valence-corrected chi connectivity index (χ3v) is 8.34. The summed E-state index contributed by atoms with van der Waals surface area (Å²) in [6.07, 6.45) is 6.60. The first kappa shape index (κ1) is 27.1. The fourth-order valence-electron chi connectivity index (χ4n) is 5.30. The van der Waals surface area contributed by atoms with Crippen LogP contribution in [0.2, 0.25) is 10.0 Å². The van der Waals surface area contributed by atoms with Crippen molar-refractivity contribution in [2.45, 2.75) is 43.7 Å². The van der Waals surface area contributed by atoms with Crippen molar-refractivity contribution >= 4 is 53.3 Å². The number of anilines is 2. The van der Waals surface area contributed by atoms with Crippen molar-refractivity contribution in [3.05, 3.63) is 112 Å². The van der Waals surface area contributed by atoms with Gasteiger partial charge in [0.1, 0.15) is 19.6 Å². The SMILES string of the molecule is BC(Nc1cc(Cl)c2ncc(C#N)c(N[C@H](CC)c3ccccc3)c2c1)(c1cn(C2CC2)nn1)c1ccccc1Cl. The number of fused-ring (bicyclic) bond motifs is 1. The van der Waals surface area contributed by atoms with Gasteiger partial charge in [0.15, 0.2) is 0 Å². The van der Waals surface area contributed by atoms with Crippen LogP contribution in [0.4, 0.5) is 11.4 Å². The molecule has 0 amide bonds. The lowest BCUT2D eigenvalue weighted by atomic mass is 9.69. The van der Waals surface area contributed by atoms with Gasteiger partial charge in [-0.15, -0.1) is 5.10 Å². The van der Waals surface area contributed by atoms with E-state index in [1.807, 2.05) is 73.3 Å². The maximum atomic E-state index is 10.0. The number of hydrogen-bond donors (Lipinski definition) is 2. The maximum Gasteiger partial charge on any atom is 0.148 e. The molecule has 2 aromatic heterocycles. The summed E-state index contributed by atoms with van der Waals surface area (Å²) in [5.41, 5.74) is 4.39. The molecule has 0 radical (unpaired) electrons. The topological polar surface area (TPSA) is 91.5 Å². The summed E-state index contributed by atoms with van der Waals surface area (Å²) in [5.74, 6) is 0. The first-order valence-electron chi connectivity index (χ1n) is 13.7. The second-order valence-corrected chi connectivity index (χ2v) is 11.4. The molecule has 0 aliphatic heterocycles. The molecule has 2 heterocycles. The number of rotatable bonds is 9. The van der Waals surface area contributed by atoms with Gasteiger partial charge < -0.3 is 10.6 Å². The van der Waals surface area contributed by atoms with Crippen LogP contribution in [-0.4, -0.2) is 27.8 Å². The van der Waals surface area contributed by atoms with Gasteiger partial charge in [0, 0.05) is 22.3 Å². The zero-order chi connectivity index (χ0) is 28.6. The number of halogens is 2. The van der Waals surface area contributed by atoms with Crippen LogP contribution in [0.15, 0.2) is 79.1 Å². The number of aromatic nitrogens is 4. The zero-order valence-electron chi connectivity index (χ0n) is 22.8. The van der Waals surface area contributed by atoms with Crippen LogP contribution in [0.5, 0.6) is 0 Å². The first-order valence-corrected chi connectivity index (χ1v) is 14.5. The van der Waals surface area contributed by atoms with E-state index in [0.717, 1.165) is 47.2 Å². The number of hydrogen-bond acceptors (Lipinski definition) is 6. The summed E-state index contributed by atoms with van der Waals surface area (Å²) in [5, 5.41) is 28.1. The van der Waals surface area contributed by atoms with Crippen molar-refractivity contribution in [1.29, 1.82) is 5.26 Å². The molecule has 0 saturated heterocycles. The predicted octanol–water partition coefficient (Wildman–Crippen LogP) is 6.85. The smallest absolute Gasteiger partial charge is 0.148 e. The highest BCUT2D eigenvalue weighted by Crippen LogP contribution is 2.40. The molecule has 5 aromatic rings. The van der Waals surface area contributed by atoms with E-state index >= 15 is 0 Å². The maximum absolute atomic E-state index is 10.0. The standard InChI is InChI=1S/C31H28BCl2N7/c1-2-27(19-8-4-3-5-9-19)37-29-20(16-35)17-36-30-23(29)14-21(15-26(30)34)38-31(32,24-10-6-7-11-25(24)33)28-18-41(40-39-28)22-12-13-22/h3-11,14-15,17-18,22,27,38H,2,12-13,32H2,1H3,(H,36,37)/t27-,31?/m1/s1. The van der Waals surface area contributed by atoms with Gasteiger partial charge in [-0.3, -0.25) is 4.98 Å². The first-order chi connectivity index (χ1) is 19.9. The second-order valence-electron chi connectivity index (χ2n) is 10.6. The minimum Gasteiger partial charge on any atom is -0.377 e. The van der Waals surface area contributed by atoms with E-state index in [-0.39, 0.29) is 6.04 Å². The van der Waals surface area contributed by atoms with Gasteiger partial charge in [0.25, 0.3) is 0 Å². The largest absolute Gasteiger partial charge is 0.377 e. The third-order valence-electron chi connectivity index (χ3n) is 7.72. The Bertz CT molecular complexity index is 1760. The Morgan fingerprint density at radius 1 is 1.10 bits per heavy atom. The van der Waals surface area contributed by atoms with E-state index in [4.69, 9.17) is 23.2 Å². The van der Waals surface area contributed by atoms with Gasteiger partial charge in [-0.2, -0.15) is 5.26 Å². The Hall–Kier alpha value is -4.06. The molecule has 2 atom stereocenters.